The van der Waals surface area contributed by atoms with Gasteiger partial charge in [-0.15, -0.1) is 0 Å². The zero-order valence-corrected chi connectivity index (χ0v) is 13.7. The third-order valence-corrected chi connectivity index (χ3v) is 3.38. The van der Waals surface area contributed by atoms with Gasteiger partial charge in [-0.2, -0.15) is 5.01 Å². The summed E-state index contributed by atoms with van der Waals surface area (Å²) in [6.07, 6.45) is 0. The van der Waals surface area contributed by atoms with Gasteiger partial charge in [0.25, 0.3) is 5.91 Å². The van der Waals surface area contributed by atoms with Crippen molar-refractivity contribution < 1.29 is 24.3 Å². The number of carbonyl (C=O) groups excluding carboxylic acids is 3. The SMILES string of the molecule is CC(=O)N(C(C)=O)N(C(=O)c1ccccc1C(=O)O)c1ccccc1. The summed E-state index contributed by atoms with van der Waals surface area (Å²) in [5.74, 6) is -3.42. The van der Waals surface area contributed by atoms with Crippen LogP contribution in [-0.2, 0) is 9.59 Å². The number of rotatable bonds is 3. The van der Waals surface area contributed by atoms with Crippen molar-refractivity contribution in [2.45, 2.75) is 13.8 Å². The van der Waals surface area contributed by atoms with Crippen molar-refractivity contribution in [1.29, 1.82) is 0 Å². The number of anilines is 1. The zero-order valence-electron chi connectivity index (χ0n) is 13.7. The minimum absolute atomic E-state index is 0.133. The van der Waals surface area contributed by atoms with Gasteiger partial charge in [0, 0.05) is 13.8 Å². The van der Waals surface area contributed by atoms with E-state index in [0.29, 0.717) is 5.01 Å². The van der Waals surface area contributed by atoms with Crippen molar-refractivity contribution in [3.8, 4) is 0 Å². The number of para-hydroxylation sites is 1. The van der Waals surface area contributed by atoms with Crippen molar-refractivity contribution in [2.24, 2.45) is 0 Å². The molecule has 7 nitrogen and oxygen atoms in total. The van der Waals surface area contributed by atoms with E-state index in [4.69, 9.17) is 0 Å². The van der Waals surface area contributed by atoms with E-state index in [0.717, 1.165) is 18.9 Å². The van der Waals surface area contributed by atoms with Crippen LogP contribution in [0.4, 0.5) is 5.69 Å². The number of aromatic carboxylic acids is 1. The van der Waals surface area contributed by atoms with Gasteiger partial charge in [0.15, 0.2) is 0 Å². The molecule has 2 rings (SSSR count). The molecule has 0 aliphatic carbocycles. The van der Waals surface area contributed by atoms with E-state index < -0.39 is 23.7 Å². The van der Waals surface area contributed by atoms with Crippen LogP contribution in [0.2, 0.25) is 0 Å². The maximum atomic E-state index is 13.0. The van der Waals surface area contributed by atoms with Gasteiger partial charge in [0.05, 0.1) is 16.8 Å². The van der Waals surface area contributed by atoms with Gasteiger partial charge in [0.1, 0.15) is 0 Å². The summed E-state index contributed by atoms with van der Waals surface area (Å²) in [4.78, 5) is 48.3. The molecule has 0 aliphatic rings. The van der Waals surface area contributed by atoms with Crippen LogP contribution in [0.3, 0.4) is 0 Å². The lowest BCUT2D eigenvalue weighted by atomic mass is 10.1. The van der Waals surface area contributed by atoms with Gasteiger partial charge < -0.3 is 5.11 Å². The molecule has 128 valence electrons. The Kier molecular flexibility index (Phi) is 5.28. The number of carboxylic acids is 1. The van der Waals surface area contributed by atoms with Gasteiger partial charge in [-0.3, -0.25) is 14.4 Å². The number of hydrogen-bond acceptors (Lipinski definition) is 4. The summed E-state index contributed by atoms with van der Waals surface area (Å²) in [6, 6.07) is 13.7. The molecule has 0 aromatic heterocycles. The van der Waals surface area contributed by atoms with E-state index in [2.05, 4.69) is 0 Å². The fraction of sp³-hybridized carbons (Fsp3) is 0.111. The van der Waals surface area contributed by atoms with Crippen molar-refractivity contribution in [3.05, 3.63) is 65.7 Å². The Bertz CT molecular complexity index is 818. The molecule has 0 saturated carbocycles. The Morgan fingerprint density at radius 1 is 0.760 bits per heavy atom. The predicted octanol–water partition coefficient (Wildman–Crippen LogP) is 2.34. The Morgan fingerprint density at radius 3 is 1.72 bits per heavy atom. The van der Waals surface area contributed by atoms with Gasteiger partial charge in [-0.25, -0.2) is 9.80 Å². The first-order valence-corrected chi connectivity index (χ1v) is 7.37. The van der Waals surface area contributed by atoms with E-state index in [-0.39, 0.29) is 16.8 Å². The molecule has 0 spiro atoms. The number of carboxylic acid groups (broad SMARTS) is 1. The average molecular weight is 340 g/mol. The molecule has 0 atom stereocenters. The molecule has 25 heavy (non-hydrogen) atoms. The molecule has 3 amide bonds. The minimum Gasteiger partial charge on any atom is -0.478 e. The van der Waals surface area contributed by atoms with E-state index in [1.54, 1.807) is 30.3 Å². The first-order valence-electron chi connectivity index (χ1n) is 7.37. The Balaban J connectivity index is 2.64. The Hall–Kier alpha value is -3.48. The molecule has 0 radical (unpaired) electrons. The van der Waals surface area contributed by atoms with Gasteiger partial charge >= 0.3 is 5.97 Å². The second kappa shape index (κ2) is 7.39. The minimum atomic E-state index is -1.28. The largest absolute Gasteiger partial charge is 0.478 e. The highest BCUT2D eigenvalue weighted by atomic mass is 16.4. The lowest BCUT2D eigenvalue weighted by Crippen LogP contribution is -2.52. The Labute approximate surface area is 144 Å². The average Bonchev–Trinajstić information content (AvgIpc) is 2.59. The standard InChI is InChI=1S/C18H16N2O5/c1-12(21)19(13(2)22)20(14-8-4-3-5-9-14)17(23)15-10-6-7-11-16(15)18(24)25/h3-11H,1-2H3,(H,24,25). The van der Waals surface area contributed by atoms with Crippen LogP contribution in [0.1, 0.15) is 34.6 Å². The number of amides is 3. The summed E-state index contributed by atoms with van der Waals surface area (Å²) in [6.45, 7) is 2.29. The number of benzene rings is 2. The van der Waals surface area contributed by atoms with E-state index in [1.165, 1.54) is 24.3 Å². The lowest BCUT2D eigenvalue weighted by Gasteiger charge is -2.32. The first kappa shape index (κ1) is 17.9. The summed E-state index contributed by atoms with van der Waals surface area (Å²) in [5.41, 5.74) is -0.0927. The molecule has 0 saturated heterocycles. The van der Waals surface area contributed by atoms with Crippen LogP contribution in [-0.4, -0.2) is 33.8 Å². The maximum Gasteiger partial charge on any atom is 0.336 e. The number of carbonyl (C=O) groups is 4. The molecule has 2 aromatic carbocycles. The molecule has 0 bridgehead atoms. The third-order valence-electron chi connectivity index (χ3n) is 3.38. The molecule has 7 heteroatoms. The number of hydrogen-bond donors (Lipinski definition) is 1. The molecule has 0 fully saturated rings. The highest BCUT2D eigenvalue weighted by molar-refractivity contribution is 6.14. The van der Waals surface area contributed by atoms with Crippen LogP contribution >= 0.6 is 0 Å². The smallest absolute Gasteiger partial charge is 0.336 e. The van der Waals surface area contributed by atoms with Crippen LogP contribution in [0.25, 0.3) is 0 Å². The van der Waals surface area contributed by atoms with Crippen molar-refractivity contribution in [2.75, 3.05) is 5.01 Å². The number of hydrazine groups is 1. The fourth-order valence-electron chi connectivity index (χ4n) is 2.37. The lowest BCUT2D eigenvalue weighted by molar-refractivity contribution is -0.142. The van der Waals surface area contributed by atoms with Gasteiger partial charge in [-0.05, 0) is 24.3 Å². The first-order chi connectivity index (χ1) is 11.8. The van der Waals surface area contributed by atoms with E-state index >= 15 is 0 Å². The molecule has 0 aliphatic heterocycles. The predicted molar refractivity (Wildman–Crippen MR) is 89.9 cm³/mol. The quantitative estimate of drug-likeness (QED) is 0.865. The van der Waals surface area contributed by atoms with E-state index in [1.807, 2.05) is 0 Å². The molecule has 1 N–H and O–H groups in total. The highest BCUT2D eigenvalue weighted by Crippen LogP contribution is 2.22. The summed E-state index contributed by atoms with van der Waals surface area (Å²) < 4.78 is 0. The van der Waals surface area contributed by atoms with Gasteiger partial charge in [-0.1, -0.05) is 30.3 Å². The highest BCUT2D eigenvalue weighted by Gasteiger charge is 2.31. The Morgan fingerprint density at radius 2 is 1.24 bits per heavy atom. The molecular formula is C18H16N2O5. The fourth-order valence-corrected chi connectivity index (χ4v) is 2.37. The molecular weight excluding hydrogens is 324 g/mol. The van der Waals surface area contributed by atoms with Crippen molar-refractivity contribution in [3.63, 3.8) is 0 Å². The molecule has 0 heterocycles. The summed E-state index contributed by atoms with van der Waals surface area (Å²) in [5, 5.41) is 10.9. The third kappa shape index (κ3) is 3.72. The van der Waals surface area contributed by atoms with E-state index in [9.17, 15) is 24.3 Å². The maximum absolute atomic E-state index is 13.0. The second-order valence-electron chi connectivity index (χ2n) is 5.15. The van der Waals surface area contributed by atoms with Crippen LogP contribution in [0.15, 0.2) is 54.6 Å². The van der Waals surface area contributed by atoms with Crippen LogP contribution in [0.5, 0.6) is 0 Å². The second-order valence-corrected chi connectivity index (χ2v) is 5.15. The number of nitrogens with zero attached hydrogens (tertiary/aromatic N) is 2. The summed E-state index contributed by atoms with van der Waals surface area (Å²) >= 11 is 0. The van der Waals surface area contributed by atoms with Crippen LogP contribution in [0, 0.1) is 0 Å². The normalized spacial score (nSPS) is 10.0. The molecule has 0 unspecified atom stereocenters. The van der Waals surface area contributed by atoms with Crippen LogP contribution < -0.4 is 5.01 Å². The molecule has 2 aromatic rings. The van der Waals surface area contributed by atoms with Crippen molar-refractivity contribution in [1.82, 2.24) is 5.01 Å². The van der Waals surface area contributed by atoms with Gasteiger partial charge in [0.2, 0.25) is 11.8 Å². The monoisotopic (exact) mass is 340 g/mol. The topological polar surface area (TPSA) is 95.0 Å². The van der Waals surface area contributed by atoms with Crippen molar-refractivity contribution >= 4 is 29.4 Å². The summed E-state index contributed by atoms with van der Waals surface area (Å²) in [7, 11) is 0. The number of imide groups is 1. The zero-order chi connectivity index (χ0) is 18.6.